The number of para-hydroxylation sites is 2. The summed E-state index contributed by atoms with van der Waals surface area (Å²) in [6.07, 6.45) is 2.30. The fourth-order valence-corrected chi connectivity index (χ4v) is 12.8. The number of hydrogen-bond donors (Lipinski definition) is 0. The van der Waals surface area contributed by atoms with Crippen molar-refractivity contribution in [3.8, 4) is 11.1 Å². The predicted octanol–water partition coefficient (Wildman–Crippen LogP) is 15.9. The summed E-state index contributed by atoms with van der Waals surface area (Å²) in [5, 5.41) is 0. The van der Waals surface area contributed by atoms with Crippen LogP contribution < -0.4 is 30.4 Å². The average Bonchev–Trinajstić information content (AvgIpc) is 3.74. The van der Waals surface area contributed by atoms with Crippen LogP contribution in [0.4, 0.5) is 51.2 Å². The van der Waals surface area contributed by atoms with Crippen molar-refractivity contribution < 1.29 is 0 Å². The normalized spacial score (nSPS) is 15.6. The first-order chi connectivity index (χ1) is 32.0. The molecule has 334 valence electrons. The summed E-state index contributed by atoms with van der Waals surface area (Å²) in [5.74, 6) is 0. The number of fused-ring (bicyclic) bond motifs is 6. The fourth-order valence-electron chi connectivity index (χ4n) is 11.1. The molecule has 1 aromatic heterocycles. The second kappa shape index (κ2) is 15.6. The van der Waals surface area contributed by atoms with Crippen molar-refractivity contribution >= 4 is 84.9 Å². The molecule has 2 aliphatic heterocycles. The zero-order valence-electron chi connectivity index (χ0n) is 40.9. The molecule has 8 aromatic rings. The molecule has 1 aliphatic carbocycles. The van der Waals surface area contributed by atoms with E-state index in [1.54, 1.807) is 0 Å². The van der Waals surface area contributed by atoms with Gasteiger partial charge in [0.2, 0.25) is 0 Å². The first-order valence-corrected chi connectivity index (χ1v) is 25.1. The highest BCUT2D eigenvalue weighted by molar-refractivity contribution is 7.29. The number of rotatable bonds is 6. The molecule has 0 saturated heterocycles. The van der Waals surface area contributed by atoms with Gasteiger partial charge < -0.3 is 14.7 Å². The second-order valence-electron chi connectivity index (χ2n) is 22.5. The lowest BCUT2D eigenvalue weighted by atomic mass is 9.35. The van der Waals surface area contributed by atoms with Crippen LogP contribution in [0.5, 0.6) is 0 Å². The Morgan fingerprint density at radius 3 is 1.57 bits per heavy atom. The molecule has 3 heterocycles. The monoisotopic (exact) mass is 891 g/mol. The highest BCUT2D eigenvalue weighted by Gasteiger charge is 2.51. The highest BCUT2D eigenvalue weighted by Crippen LogP contribution is 2.57. The Morgan fingerprint density at radius 1 is 0.493 bits per heavy atom. The maximum absolute atomic E-state index is 2.69. The van der Waals surface area contributed by atoms with Crippen LogP contribution in [-0.2, 0) is 21.7 Å². The summed E-state index contributed by atoms with van der Waals surface area (Å²) in [6.45, 7) is 24.0. The fraction of sp³-hybridized carbons (Fsp3) is 0.258. The largest absolute Gasteiger partial charge is 0.311 e. The van der Waals surface area contributed by atoms with Gasteiger partial charge in [-0.2, -0.15) is 11.3 Å². The molecule has 5 heteroatoms. The summed E-state index contributed by atoms with van der Waals surface area (Å²) < 4.78 is 1.46. The van der Waals surface area contributed by atoms with E-state index in [0.717, 1.165) is 29.9 Å². The zero-order chi connectivity index (χ0) is 46.6. The summed E-state index contributed by atoms with van der Waals surface area (Å²) >= 11 is 2.10. The van der Waals surface area contributed by atoms with E-state index in [-0.39, 0.29) is 28.4 Å². The van der Waals surface area contributed by atoms with Crippen LogP contribution in [0.3, 0.4) is 0 Å². The zero-order valence-corrected chi connectivity index (χ0v) is 41.7. The van der Waals surface area contributed by atoms with Crippen molar-refractivity contribution in [1.82, 2.24) is 0 Å². The van der Waals surface area contributed by atoms with Gasteiger partial charge in [-0.3, -0.25) is 0 Å². The van der Waals surface area contributed by atoms with Crippen molar-refractivity contribution in [2.24, 2.45) is 0 Å². The van der Waals surface area contributed by atoms with E-state index in [1.165, 1.54) is 82.5 Å². The summed E-state index contributed by atoms with van der Waals surface area (Å²) in [6, 6.07) is 63.8. The van der Waals surface area contributed by atoms with Crippen molar-refractivity contribution in [3.63, 3.8) is 0 Å². The molecule has 0 bridgehead atoms. The minimum Gasteiger partial charge on any atom is -0.311 e. The first kappa shape index (κ1) is 43.3. The lowest BCUT2D eigenvalue weighted by Gasteiger charge is -2.46. The van der Waals surface area contributed by atoms with Gasteiger partial charge in [-0.1, -0.05) is 172 Å². The highest BCUT2D eigenvalue weighted by atomic mass is 32.1. The molecule has 0 fully saturated rings. The molecule has 0 N–H and O–H groups in total. The van der Waals surface area contributed by atoms with E-state index in [2.05, 4.69) is 265 Å². The minimum absolute atomic E-state index is 0.0270. The van der Waals surface area contributed by atoms with Gasteiger partial charge in [0.1, 0.15) is 0 Å². The summed E-state index contributed by atoms with van der Waals surface area (Å²) in [4.78, 5) is 9.27. The molecule has 0 unspecified atom stereocenters. The topological polar surface area (TPSA) is 9.72 Å². The van der Waals surface area contributed by atoms with Gasteiger partial charge in [0.05, 0.1) is 11.4 Å². The van der Waals surface area contributed by atoms with Gasteiger partial charge in [0, 0.05) is 49.5 Å². The molecule has 0 atom stereocenters. The average molecular weight is 892 g/mol. The molecule has 7 aromatic carbocycles. The maximum Gasteiger partial charge on any atom is 0.264 e. The molecule has 11 rings (SSSR count). The quantitative estimate of drug-likeness (QED) is 0.154. The van der Waals surface area contributed by atoms with Crippen LogP contribution in [0.2, 0.25) is 0 Å². The number of anilines is 9. The van der Waals surface area contributed by atoms with Gasteiger partial charge >= 0.3 is 0 Å². The smallest absolute Gasteiger partial charge is 0.264 e. The number of thiophene rings is 1. The first-order valence-electron chi connectivity index (χ1n) is 24.3. The minimum atomic E-state index is -0.0320. The molecule has 0 saturated carbocycles. The molecule has 0 amide bonds. The van der Waals surface area contributed by atoms with Crippen LogP contribution in [-0.4, -0.2) is 6.71 Å². The number of hydrogen-bond acceptors (Lipinski definition) is 4. The molecule has 3 aliphatic rings. The summed E-state index contributed by atoms with van der Waals surface area (Å²) in [5.41, 5.74) is 20.2. The van der Waals surface area contributed by atoms with Crippen molar-refractivity contribution in [1.29, 1.82) is 0 Å². The standard InChI is InChI=1S/C62H62BN3S/c1-59(2,3)43-28-33-47(34-29-43)65-51-35-30-44(60(4,5)6)38-50(51)63-55-52(65)39-49(64(45-22-16-12-17-23-45)46-24-18-13-19-25-46)40-53(55)66(48-31-26-42(27-32-48)41-20-14-11-15-21-41)56-54-57(67-58(56)63)62(9,10)37-36-61(54,7)8/h11-35,38-40H,36-37H2,1-10H3. The third-order valence-electron chi connectivity index (χ3n) is 14.9. The van der Waals surface area contributed by atoms with Gasteiger partial charge in [-0.05, 0) is 140 Å². The van der Waals surface area contributed by atoms with Gasteiger partial charge in [0.15, 0.2) is 0 Å². The van der Waals surface area contributed by atoms with Gasteiger partial charge in [-0.25, -0.2) is 0 Å². The van der Waals surface area contributed by atoms with Crippen molar-refractivity contribution in [2.75, 3.05) is 14.7 Å². The van der Waals surface area contributed by atoms with Gasteiger partial charge in [0.25, 0.3) is 6.71 Å². The van der Waals surface area contributed by atoms with Crippen LogP contribution in [0, 0.1) is 0 Å². The Hall–Kier alpha value is -6.30. The predicted molar refractivity (Wildman–Crippen MR) is 291 cm³/mol. The van der Waals surface area contributed by atoms with E-state index < -0.39 is 0 Å². The van der Waals surface area contributed by atoms with E-state index in [9.17, 15) is 0 Å². The maximum atomic E-state index is 2.69. The molecule has 67 heavy (non-hydrogen) atoms. The third-order valence-corrected chi connectivity index (χ3v) is 16.5. The Bertz CT molecular complexity index is 3100. The molecular formula is C62H62BN3S. The SMILES string of the molecule is CC(C)(C)c1ccc(N2c3ccc(C(C)(C)C)cc3B3c4sc5c(c4N(c4ccc(-c6ccccc6)cc4)c4cc(N(c6ccccc6)c6ccccc6)cc2c43)C(C)(C)CCC5(C)C)cc1. The van der Waals surface area contributed by atoms with Crippen LogP contribution in [0.15, 0.2) is 170 Å². The van der Waals surface area contributed by atoms with E-state index >= 15 is 0 Å². The van der Waals surface area contributed by atoms with E-state index in [4.69, 9.17) is 0 Å². The Kier molecular flexibility index (Phi) is 10.1. The third kappa shape index (κ3) is 7.24. The van der Waals surface area contributed by atoms with Crippen LogP contribution in [0.1, 0.15) is 104 Å². The Morgan fingerprint density at radius 2 is 0.985 bits per heavy atom. The van der Waals surface area contributed by atoms with E-state index in [1.807, 2.05) is 0 Å². The van der Waals surface area contributed by atoms with Crippen LogP contribution >= 0.6 is 11.3 Å². The van der Waals surface area contributed by atoms with Crippen molar-refractivity contribution in [2.45, 2.75) is 104 Å². The Labute approximate surface area is 403 Å². The second-order valence-corrected chi connectivity index (χ2v) is 23.6. The van der Waals surface area contributed by atoms with Crippen molar-refractivity contribution in [3.05, 3.63) is 191 Å². The molecule has 0 spiro atoms. The van der Waals surface area contributed by atoms with E-state index in [0.29, 0.717) is 0 Å². The lowest BCUT2D eigenvalue weighted by molar-refractivity contribution is 0.339. The van der Waals surface area contributed by atoms with Crippen LogP contribution in [0.25, 0.3) is 11.1 Å². The van der Waals surface area contributed by atoms with Gasteiger partial charge in [-0.15, -0.1) is 0 Å². The summed E-state index contributed by atoms with van der Waals surface area (Å²) in [7, 11) is 0. The number of benzene rings is 7. The molecular weight excluding hydrogens is 830 g/mol. The lowest BCUT2D eigenvalue weighted by Crippen LogP contribution is -2.61. The Balaban J connectivity index is 1.28. The molecule has 3 nitrogen and oxygen atoms in total. The molecule has 0 radical (unpaired) electrons. The number of nitrogens with zero attached hydrogens (tertiary/aromatic N) is 3.